The molecule has 1 saturated heterocycles. The number of likely N-dealkylation sites (tertiary alicyclic amines) is 1. The summed E-state index contributed by atoms with van der Waals surface area (Å²) in [5.74, 6) is 0.329. The van der Waals surface area contributed by atoms with Gasteiger partial charge in [0.1, 0.15) is 5.69 Å². The molecule has 1 amide bonds. The fourth-order valence-corrected chi connectivity index (χ4v) is 3.90. The molecule has 1 aliphatic heterocycles. The third kappa shape index (κ3) is 3.39. The van der Waals surface area contributed by atoms with Crippen LogP contribution in [-0.2, 0) is 6.54 Å². The molecule has 1 atom stereocenters. The fourth-order valence-electron chi connectivity index (χ4n) is 3.90. The Bertz CT molecular complexity index is 924. The zero-order valence-electron chi connectivity index (χ0n) is 15.9. The quantitative estimate of drug-likeness (QED) is 0.770. The van der Waals surface area contributed by atoms with Crippen LogP contribution in [0.15, 0.2) is 42.7 Å². The van der Waals surface area contributed by atoms with Gasteiger partial charge < -0.3 is 4.90 Å². The van der Waals surface area contributed by atoms with Crippen LogP contribution in [0.3, 0.4) is 0 Å². The van der Waals surface area contributed by atoms with Crippen molar-refractivity contribution in [3.63, 3.8) is 0 Å². The van der Waals surface area contributed by atoms with Crippen molar-refractivity contribution in [2.75, 3.05) is 13.1 Å². The number of aryl methyl sites for hydroxylation is 2. The lowest BCUT2D eigenvalue weighted by Crippen LogP contribution is -2.40. The van der Waals surface area contributed by atoms with E-state index in [9.17, 15) is 4.79 Å². The van der Waals surface area contributed by atoms with Gasteiger partial charge in [0, 0.05) is 43.0 Å². The highest BCUT2D eigenvalue weighted by Gasteiger charge is 2.29. The van der Waals surface area contributed by atoms with Crippen molar-refractivity contribution in [3.05, 3.63) is 59.7 Å². The van der Waals surface area contributed by atoms with Gasteiger partial charge in [0.05, 0.1) is 6.20 Å². The van der Waals surface area contributed by atoms with Gasteiger partial charge >= 0.3 is 0 Å². The Morgan fingerprint density at radius 2 is 2.07 bits per heavy atom. The molecule has 1 aliphatic rings. The highest BCUT2D eigenvalue weighted by molar-refractivity contribution is 5.92. The smallest absolute Gasteiger partial charge is 0.272 e. The molecular formula is C21H25N5O. The van der Waals surface area contributed by atoms with Crippen LogP contribution in [0, 0.1) is 6.92 Å². The fraction of sp³-hybridized carbons (Fsp3) is 0.381. The van der Waals surface area contributed by atoms with Gasteiger partial charge in [-0.05, 0) is 38.3 Å². The van der Waals surface area contributed by atoms with Crippen LogP contribution in [0.2, 0.25) is 0 Å². The maximum atomic E-state index is 13.0. The van der Waals surface area contributed by atoms with Gasteiger partial charge in [-0.3, -0.25) is 14.6 Å². The van der Waals surface area contributed by atoms with Gasteiger partial charge in [-0.2, -0.15) is 10.2 Å². The number of piperidine rings is 1. The van der Waals surface area contributed by atoms with Crippen molar-refractivity contribution in [3.8, 4) is 11.1 Å². The first-order chi connectivity index (χ1) is 13.2. The van der Waals surface area contributed by atoms with E-state index < -0.39 is 0 Å². The normalized spacial score (nSPS) is 17.3. The standard InChI is InChI=1S/C21H25N5O/c1-3-26-19(10-11-23-26)21(27)25-12-4-5-17(14-25)20-18(13-22-24-20)16-8-6-15(2)7-9-16/h6-11,13,17H,3-5,12,14H2,1-2H3,(H,22,24)/t17-/m1/s1. The second-order valence-corrected chi connectivity index (χ2v) is 7.19. The molecule has 3 aromatic rings. The summed E-state index contributed by atoms with van der Waals surface area (Å²) in [6.45, 7) is 6.28. The maximum Gasteiger partial charge on any atom is 0.272 e. The summed E-state index contributed by atoms with van der Waals surface area (Å²) in [5.41, 5.74) is 5.33. The predicted molar refractivity (Wildman–Crippen MR) is 105 cm³/mol. The van der Waals surface area contributed by atoms with E-state index in [0.29, 0.717) is 18.8 Å². The number of hydrogen-bond donors (Lipinski definition) is 1. The van der Waals surface area contributed by atoms with Crippen molar-refractivity contribution in [2.45, 2.75) is 39.2 Å². The summed E-state index contributed by atoms with van der Waals surface area (Å²) in [4.78, 5) is 14.9. The van der Waals surface area contributed by atoms with E-state index in [1.165, 1.54) is 5.56 Å². The van der Waals surface area contributed by atoms with Gasteiger partial charge in [-0.1, -0.05) is 29.8 Å². The molecule has 1 fully saturated rings. The summed E-state index contributed by atoms with van der Waals surface area (Å²) >= 11 is 0. The molecule has 0 saturated carbocycles. The van der Waals surface area contributed by atoms with E-state index in [4.69, 9.17) is 0 Å². The van der Waals surface area contributed by atoms with E-state index in [2.05, 4.69) is 46.5 Å². The number of H-pyrrole nitrogens is 1. The Balaban J connectivity index is 1.57. The predicted octanol–water partition coefficient (Wildman–Crippen LogP) is 3.62. The summed E-state index contributed by atoms with van der Waals surface area (Å²) in [6.07, 6.45) is 5.64. The van der Waals surface area contributed by atoms with Crippen LogP contribution in [0.4, 0.5) is 0 Å². The Morgan fingerprint density at radius 1 is 1.26 bits per heavy atom. The minimum Gasteiger partial charge on any atom is -0.337 e. The van der Waals surface area contributed by atoms with Crippen LogP contribution in [0.1, 0.15) is 47.4 Å². The molecule has 0 aliphatic carbocycles. The molecule has 140 valence electrons. The lowest BCUT2D eigenvalue weighted by atomic mass is 9.90. The number of carbonyl (C=O) groups is 1. The molecule has 6 heteroatoms. The average Bonchev–Trinajstić information content (AvgIpc) is 3.37. The van der Waals surface area contributed by atoms with Crippen molar-refractivity contribution < 1.29 is 4.79 Å². The van der Waals surface area contributed by atoms with Crippen LogP contribution in [0.25, 0.3) is 11.1 Å². The molecule has 4 rings (SSSR count). The molecular weight excluding hydrogens is 338 g/mol. The second kappa shape index (κ2) is 7.39. The van der Waals surface area contributed by atoms with E-state index in [0.717, 1.165) is 36.2 Å². The third-order valence-corrected chi connectivity index (χ3v) is 5.38. The van der Waals surface area contributed by atoms with Crippen molar-refractivity contribution >= 4 is 5.91 Å². The third-order valence-electron chi connectivity index (χ3n) is 5.38. The Morgan fingerprint density at radius 3 is 2.85 bits per heavy atom. The number of aromatic nitrogens is 4. The molecule has 0 radical (unpaired) electrons. The zero-order chi connectivity index (χ0) is 18.8. The van der Waals surface area contributed by atoms with Gasteiger partial charge in [0.15, 0.2) is 0 Å². The zero-order valence-corrected chi connectivity index (χ0v) is 15.9. The number of rotatable bonds is 4. The Hall–Kier alpha value is -2.89. The number of carbonyl (C=O) groups excluding carboxylic acids is 1. The SMILES string of the molecule is CCn1nccc1C(=O)N1CCC[C@@H](c2[nH]ncc2-c2ccc(C)cc2)C1. The maximum absolute atomic E-state index is 13.0. The Kier molecular flexibility index (Phi) is 4.79. The van der Waals surface area contributed by atoms with Crippen LogP contribution in [0.5, 0.6) is 0 Å². The van der Waals surface area contributed by atoms with Gasteiger partial charge in [-0.15, -0.1) is 0 Å². The summed E-state index contributed by atoms with van der Waals surface area (Å²) in [5, 5.41) is 11.7. The molecule has 3 heterocycles. The topological polar surface area (TPSA) is 66.8 Å². The second-order valence-electron chi connectivity index (χ2n) is 7.19. The summed E-state index contributed by atoms with van der Waals surface area (Å²) < 4.78 is 1.76. The molecule has 1 N–H and O–H groups in total. The van der Waals surface area contributed by atoms with E-state index in [1.807, 2.05) is 24.1 Å². The highest BCUT2D eigenvalue weighted by Crippen LogP contribution is 2.33. The average molecular weight is 363 g/mol. The lowest BCUT2D eigenvalue weighted by Gasteiger charge is -2.32. The number of hydrogen-bond acceptors (Lipinski definition) is 3. The number of nitrogens with zero attached hydrogens (tertiary/aromatic N) is 4. The van der Waals surface area contributed by atoms with Crippen molar-refractivity contribution in [2.24, 2.45) is 0 Å². The first-order valence-corrected chi connectivity index (χ1v) is 9.58. The largest absolute Gasteiger partial charge is 0.337 e. The monoisotopic (exact) mass is 363 g/mol. The van der Waals surface area contributed by atoms with Crippen molar-refractivity contribution in [1.82, 2.24) is 24.9 Å². The Labute approximate surface area is 159 Å². The number of nitrogens with one attached hydrogen (secondary N) is 1. The number of amides is 1. The molecule has 0 spiro atoms. The summed E-state index contributed by atoms with van der Waals surface area (Å²) in [7, 11) is 0. The van der Waals surface area contributed by atoms with E-state index in [1.54, 1.807) is 10.9 Å². The number of benzene rings is 1. The first kappa shape index (κ1) is 17.5. The van der Waals surface area contributed by atoms with Crippen LogP contribution >= 0.6 is 0 Å². The minimum absolute atomic E-state index is 0.0652. The van der Waals surface area contributed by atoms with Crippen LogP contribution in [-0.4, -0.2) is 43.9 Å². The van der Waals surface area contributed by atoms with Gasteiger partial charge in [0.25, 0.3) is 5.91 Å². The molecule has 0 unspecified atom stereocenters. The van der Waals surface area contributed by atoms with Gasteiger partial charge in [-0.25, -0.2) is 0 Å². The molecule has 27 heavy (non-hydrogen) atoms. The summed E-state index contributed by atoms with van der Waals surface area (Å²) in [6, 6.07) is 10.3. The molecule has 1 aromatic carbocycles. The van der Waals surface area contributed by atoms with E-state index >= 15 is 0 Å². The number of aromatic amines is 1. The molecule has 0 bridgehead atoms. The van der Waals surface area contributed by atoms with E-state index in [-0.39, 0.29) is 11.8 Å². The van der Waals surface area contributed by atoms with Crippen molar-refractivity contribution in [1.29, 1.82) is 0 Å². The highest BCUT2D eigenvalue weighted by atomic mass is 16.2. The van der Waals surface area contributed by atoms with Crippen LogP contribution < -0.4 is 0 Å². The molecule has 2 aromatic heterocycles. The minimum atomic E-state index is 0.0652. The molecule has 6 nitrogen and oxygen atoms in total. The first-order valence-electron chi connectivity index (χ1n) is 9.58. The lowest BCUT2D eigenvalue weighted by molar-refractivity contribution is 0.0693. The van der Waals surface area contributed by atoms with Gasteiger partial charge in [0.2, 0.25) is 0 Å².